The van der Waals surface area contributed by atoms with Gasteiger partial charge in [-0.3, -0.25) is 0 Å². The van der Waals surface area contributed by atoms with Crippen molar-refractivity contribution in [3.63, 3.8) is 0 Å². The average Bonchev–Trinajstić information content (AvgIpc) is 2.49. The lowest BCUT2D eigenvalue weighted by molar-refractivity contribution is 0.0284. The minimum absolute atomic E-state index is 0.367. The molecule has 0 atom stereocenters. The Hall–Kier alpha value is -2.01. The second-order valence-corrected chi connectivity index (χ2v) is 7.42. The molecule has 5 heteroatoms. The summed E-state index contributed by atoms with van der Waals surface area (Å²) in [6.45, 7) is 5.93. The van der Waals surface area contributed by atoms with Gasteiger partial charge in [-0.1, -0.05) is 34.1 Å². The Kier molecular flexibility index (Phi) is 5.89. The molecule has 0 fully saturated rings. The highest BCUT2D eigenvalue weighted by Gasteiger charge is 2.20. The summed E-state index contributed by atoms with van der Waals surface area (Å²) in [5.74, 6) is 1.46. The quantitative estimate of drug-likeness (QED) is 0.679. The monoisotopic (exact) mass is 391 g/mol. The first-order chi connectivity index (χ1) is 11.2. The van der Waals surface area contributed by atoms with Gasteiger partial charge in [-0.05, 0) is 51.1 Å². The van der Waals surface area contributed by atoms with Gasteiger partial charge < -0.3 is 14.4 Å². The molecular weight excluding hydrogens is 370 g/mol. The van der Waals surface area contributed by atoms with Crippen molar-refractivity contribution < 1.29 is 14.3 Å². The van der Waals surface area contributed by atoms with Crippen molar-refractivity contribution in [2.75, 3.05) is 7.05 Å². The minimum Gasteiger partial charge on any atom is -0.457 e. The summed E-state index contributed by atoms with van der Waals surface area (Å²) in [5, 5.41) is 0. The third-order valence-electron chi connectivity index (χ3n) is 3.11. The smallest absolute Gasteiger partial charge is 0.410 e. The van der Waals surface area contributed by atoms with E-state index in [4.69, 9.17) is 9.47 Å². The van der Waals surface area contributed by atoms with Gasteiger partial charge in [0.1, 0.15) is 17.1 Å². The number of para-hydroxylation sites is 1. The maximum Gasteiger partial charge on any atom is 0.410 e. The first kappa shape index (κ1) is 18.3. The summed E-state index contributed by atoms with van der Waals surface area (Å²) in [7, 11) is 1.71. The Bertz CT molecular complexity index is 696. The van der Waals surface area contributed by atoms with E-state index in [1.165, 1.54) is 4.90 Å². The number of carbonyl (C=O) groups excluding carboxylic acids is 1. The number of hydrogen-bond acceptors (Lipinski definition) is 3. The maximum absolute atomic E-state index is 12.2. The number of benzene rings is 2. The highest BCUT2D eigenvalue weighted by Crippen LogP contribution is 2.29. The molecule has 0 spiro atoms. The molecule has 128 valence electrons. The SMILES string of the molecule is CN(Cc1cc(Br)ccc1Oc1ccccc1)C(=O)OC(C)(C)C. The Morgan fingerprint density at radius 1 is 1.12 bits per heavy atom. The van der Waals surface area contributed by atoms with E-state index in [9.17, 15) is 4.79 Å². The molecule has 0 saturated carbocycles. The molecular formula is C19H22BrNO3. The Labute approximate surface area is 151 Å². The van der Waals surface area contributed by atoms with E-state index in [-0.39, 0.29) is 6.09 Å². The first-order valence-corrected chi connectivity index (χ1v) is 8.49. The molecule has 0 heterocycles. The van der Waals surface area contributed by atoms with Crippen LogP contribution in [0.15, 0.2) is 53.0 Å². The number of amides is 1. The van der Waals surface area contributed by atoms with Gasteiger partial charge in [0.15, 0.2) is 0 Å². The van der Waals surface area contributed by atoms with Gasteiger partial charge in [0.25, 0.3) is 0 Å². The van der Waals surface area contributed by atoms with Crippen molar-refractivity contribution in [2.24, 2.45) is 0 Å². The fourth-order valence-corrected chi connectivity index (χ4v) is 2.46. The first-order valence-electron chi connectivity index (χ1n) is 7.70. The van der Waals surface area contributed by atoms with Crippen LogP contribution in [0.4, 0.5) is 4.79 Å². The Balaban J connectivity index is 2.17. The van der Waals surface area contributed by atoms with Crippen LogP contribution in [0.3, 0.4) is 0 Å². The zero-order valence-electron chi connectivity index (χ0n) is 14.4. The number of ether oxygens (including phenoxy) is 2. The molecule has 2 aromatic rings. The highest BCUT2D eigenvalue weighted by atomic mass is 79.9. The van der Waals surface area contributed by atoms with Gasteiger partial charge in [0.2, 0.25) is 0 Å². The summed E-state index contributed by atoms with van der Waals surface area (Å²) in [6.07, 6.45) is -0.367. The summed E-state index contributed by atoms with van der Waals surface area (Å²) < 4.78 is 12.3. The van der Waals surface area contributed by atoms with Crippen molar-refractivity contribution in [1.82, 2.24) is 4.90 Å². The lowest BCUT2D eigenvalue weighted by atomic mass is 10.2. The predicted octanol–water partition coefficient (Wildman–Crippen LogP) is 5.61. The minimum atomic E-state index is -0.522. The van der Waals surface area contributed by atoms with Gasteiger partial charge in [-0.2, -0.15) is 0 Å². The molecule has 0 bridgehead atoms. The fourth-order valence-electron chi connectivity index (χ4n) is 2.05. The summed E-state index contributed by atoms with van der Waals surface area (Å²) in [6, 6.07) is 15.3. The van der Waals surface area contributed by atoms with Crippen LogP contribution in [-0.4, -0.2) is 23.6 Å². The summed E-state index contributed by atoms with van der Waals surface area (Å²) >= 11 is 3.47. The highest BCUT2D eigenvalue weighted by molar-refractivity contribution is 9.10. The van der Waals surface area contributed by atoms with E-state index in [0.29, 0.717) is 12.3 Å². The second kappa shape index (κ2) is 7.71. The molecule has 0 aliphatic carbocycles. The molecule has 4 nitrogen and oxygen atoms in total. The number of carbonyl (C=O) groups is 1. The normalized spacial score (nSPS) is 11.0. The number of rotatable bonds is 4. The molecule has 1 amide bonds. The second-order valence-electron chi connectivity index (χ2n) is 6.50. The van der Waals surface area contributed by atoms with Crippen LogP contribution in [0.1, 0.15) is 26.3 Å². The zero-order chi connectivity index (χ0) is 17.7. The number of hydrogen-bond donors (Lipinski definition) is 0. The lowest BCUT2D eigenvalue weighted by Gasteiger charge is -2.25. The van der Waals surface area contributed by atoms with Crippen molar-refractivity contribution in [1.29, 1.82) is 0 Å². The van der Waals surface area contributed by atoms with E-state index >= 15 is 0 Å². The van der Waals surface area contributed by atoms with E-state index < -0.39 is 5.60 Å². The number of halogens is 1. The van der Waals surface area contributed by atoms with E-state index in [1.54, 1.807) is 7.05 Å². The predicted molar refractivity (Wildman–Crippen MR) is 98.4 cm³/mol. The van der Waals surface area contributed by atoms with Crippen molar-refractivity contribution >= 4 is 22.0 Å². The Morgan fingerprint density at radius 3 is 2.42 bits per heavy atom. The summed E-state index contributed by atoms with van der Waals surface area (Å²) in [5.41, 5.74) is 0.369. The van der Waals surface area contributed by atoms with Crippen LogP contribution in [-0.2, 0) is 11.3 Å². The zero-order valence-corrected chi connectivity index (χ0v) is 16.0. The molecule has 0 radical (unpaired) electrons. The van der Waals surface area contributed by atoms with Crippen molar-refractivity contribution in [3.05, 3.63) is 58.6 Å². The van der Waals surface area contributed by atoms with Gasteiger partial charge in [-0.25, -0.2) is 4.79 Å². The van der Waals surface area contributed by atoms with Gasteiger partial charge >= 0.3 is 6.09 Å². The molecule has 0 unspecified atom stereocenters. The average molecular weight is 392 g/mol. The largest absolute Gasteiger partial charge is 0.457 e. The van der Waals surface area contributed by atoms with Crippen LogP contribution >= 0.6 is 15.9 Å². The molecule has 0 N–H and O–H groups in total. The maximum atomic E-state index is 12.2. The van der Waals surface area contributed by atoms with Crippen LogP contribution in [0, 0.1) is 0 Å². The lowest BCUT2D eigenvalue weighted by Crippen LogP contribution is -2.33. The standard InChI is InChI=1S/C19H22BrNO3/c1-19(2,3)24-18(22)21(4)13-14-12-15(20)10-11-17(14)23-16-8-6-5-7-9-16/h5-12H,13H2,1-4H3. The molecule has 0 saturated heterocycles. The van der Waals surface area contributed by atoms with Crippen LogP contribution in [0.25, 0.3) is 0 Å². The molecule has 0 aliphatic rings. The van der Waals surface area contributed by atoms with Gasteiger partial charge in [-0.15, -0.1) is 0 Å². The van der Waals surface area contributed by atoms with E-state index in [2.05, 4.69) is 15.9 Å². The molecule has 0 aromatic heterocycles. The molecule has 0 aliphatic heterocycles. The topological polar surface area (TPSA) is 38.8 Å². The van der Waals surface area contributed by atoms with Gasteiger partial charge in [0, 0.05) is 17.1 Å². The van der Waals surface area contributed by atoms with E-state index in [0.717, 1.165) is 15.8 Å². The third-order valence-corrected chi connectivity index (χ3v) is 3.60. The van der Waals surface area contributed by atoms with Crippen molar-refractivity contribution in [2.45, 2.75) is 32.9 Å². The molecule has 2 aromatic carbocycles. The van der Waals surface area contributed by atoms with Crippen molar-refractivity contribution in [3.8, 4) is 11.5 Å². The Morgan fingerprint density at radius 2 is 1.79 bits per heavy atom. The van der Waals surface area contributed by atoms with Crippen LogP contribution < -0.4 is 4.74 Å². The fraction of sp³-hybridized carbons (Fsp3) is 0.316. The molecule has 24 heavy (non-hydrogen) atoms. The summed E-state index contributed by atoms with van der Waals surface area (Å²) in [4.78, 5) is 13.7. The van der Waals surface area contributed by atoms with E-state index in [1.807, 2.05) is 69.3 Å². The number of nitrogens with zero attached hydrogens (tertiary/aromatic N) is 1. The van der Waals surface area contributed by atoms with Crippen LogP contribution in [0.2, 0.25) is 0 Å². The molecule has 2 rings (SSSR count). The third kappa shape index (κ3) is 5.57. The van der Waals surface area contributed by atoms with Gasteiger partial charge in [0.05, 0.1) is 6.54 Å². The van der Waals surface area contributed by atoms with Crippen LogP contribution in [0.5, 0.6) is 11.5 Å².